The molecule has 0 fully saturated rings. The minimum atomic E-state index is -3.48. The number of unbranched alkanes of at least 4 members (excludes halogenated alkanes) is 7. The highest BCUT2D eigenvalue weighted by molar-refractivity contribution is 7.58. The normalized spacial score (nSPS) is 12.0. The smallest absolute Gasteiger partial charge is 0.193 e. The van der Waals surface area contributed by atoms with Crippen LogP contribution in [0.5, 0.6) is 0 Å². The summed E-state index contributed by atoms with van der Waals surface area (Å²) in [5.41, 5.74) is 0. The molecule has 0 aliphatic heterocycles. The molecular weight excluding hydrogens is 199 g/mol. The standard InChI is InChI=1S/C10H24O3P/c1-2-3-4-5-6-7-8-9-10-14(11,12)13/h11-13H,2-10H2,1H3/q+1. The van der Waals surface area contributed by atoms with Gasteiger partial charge in [-0.25, -0.2) is 0 Å². The lowest BCUT2D eigenvalue weighted by Crippen LogP contribution is -1.94. The minimum absolute atomic E-state index is 0.169. The maximum atomic E-state index is 8.71. The summed E-state index contributed by atoms with van der Waals surface area (Å²) in [7, 11) is -3.48. The second-order valence-corrected chi connectivity index (χ2v) is 5.72. The third-order valence-corrected chi connectivity index (χ3v) is 3.23. The molecule has 0 bridgehead atoms. The van der Waals surface area contributed by atoms with Gasteiger partial charge >= 0.3 is 7.94 Å². The molecule has 0 aromatic heterocycles. The molecule has 0 radical (unpaired) electrons. The highest BCUT2D eigenvalue weighted by Crippen LogP contribution is 2.45. The Morgan fingerprint density at radius 3 is 1.57 bits per heavy atom. The van der Waals surface area contributed by atoms with Crippen LogP contribution in [0.2, 0.25) is 0 Å². The van der Waals surface area contributed by atoms with E-state index in [4.69, 9.17) is 14.7 Å². The first-order valence-corrected chi connectivity index (χ1v) is 7.46. The summed E-state index contributed by atoms with van der Waals surface area (Å²) in [4.78, 5) is 26.1. The van der Waals surface area contributed by atoms with Crippen LogP contribution in [0.4, 0.5) is 0 Å². The zero-order valence-corrected chi connectivity index (χ0v) is 10.0. The first kappa shape index (κ1) is 14.3. The Bertz CT molecular complexity index is 123. The van der Waals surface area contributed by atoms with Crippen LogP contribution in [-0.4, -0.2) is 20.8 Å². The van der Waals surface area contributed by atoms with E-state index in [1.54, 1.807) is 0 Å². The van der Waals surface area contributed by atoms with E-state index in [9.17, 15) is 0 Å². The first-order valence-electron chi connectivity index (χ1n) is 5.62. The molecule has 86 valence electrons. The van der Waals surface area contributed by atoms with Crippen LogP contribution < -0.4 is 0 Å². The average Bonchev–Trinajstić information content (AvgIpc) is 2.08. The fraction of sp³-hybridized carbons (Fsp3) is 1.00. The molecule has 0 spiro atoms. The van der Waals surface area contributed by atoms with Crippen LogP contribution in [0.1, 0.15) is 58.3 Å². The Kier molecular flexibility index (Phi) is 8.80. The van der Waals surface area contributed by atoms with Crippen molar-refractivity contribution in [2.24, 2.45) is 0 Å². The molecule has 0 heterocycles. The summed E-state index contributed by atoms with van der Waals surface area (Å²) in [6.45, 7) is 2.20. The molecular formula is C10H24O3P+. The van der Waals surface area contributed by atoms with Gasteiger partial charge in [0, 0.05) is 0 Å². The molecule has 0 aliphatic rings. The van der Waals surface area contributed by atoms with E-state index in [0.29, 0.717) is 0 Å². The van der Waals surface area contributed by atoms with Crippen LogP contribution >= 0.6 is 7.94 Å². The maximum absolute atomic E-state index is 8.71. The summed E-state index contributed by atoms with van der Waals surface area (Å²) in [5.74, 6) is 0. The highest BCUT2D eigenvalue weighted by atomic mass is 31.2. The highest BCUT2D eigenvalue weighted by Gasteiger charge is 2.27. The van der Waals surface area contributed by atoms with Crippen molar-refractivity contribution in [2.75, 3.05) is 6.16 Å². The fourth-order valence-electron chi connectivity index (χ4n) is 1.46. The molecule has 4 heteroatoms. The van der Waals surface area contributed by atoms with Crippen molar-refractivity contribution >= 4 is 7.94 Å². The molecule has 3 nitrogen and oxygen atoms in total. The second-order valence-electron chi connectivity index (χ2n) is 3.89. The van der Waals surface area contributed by atoms with Gasteiger partial charge in [-0.05, 0) is 12.8 Å². The Labute approximate surface area is 87.8 Å². The van der Waals surface area contributed by atoms with Crippen molar-refractivity contribution in [3.05, 3.63) is 0 Å². The Morgan fingerprint density at radius 1 is 0.714 bits per heavy atom. The van der Waals surface area contributed by atoms with E-state index in [1.807, 2.05) is 0 Å². The van der Waals surface area contributed by atoms with Crippen LogP contribution in [0.25, 0.3) is 0 Å². The summed E-state index contributed by atoms with van der Waals surface area (Å²) in [6.07, 6.45) is 9.45. The molecule has 0 rings (SSSR count). The fourth-order valence-corrected chi connectivity index (χ4v) is 2.11. The van der Waals surface area contributed by atoms with Gasteiger partial charge in [0.05, 0.1) is 0 Å². The Balaban J connectivity index is 2.99. The van der Waals surface area contributed by atoms with Gasteiger partial charge in [-0.2, -0.15) is 14.7 Å². The quantitative estimate of drug-likeness (QED) is 0.416. The summed E-state index contributed by atoms with van der Waals surface area (Å²) in [6, 6.07) is 0. The zero-order chi connectivity index (χ0) is 10.9. The van der Waals surface area contributed by atoms with Crippen LogP contribution in [-0.2, 0) is 0 Å². The minimum Gasteiger partial charge on any atom is -0.193 e. The molecule has 0 aromatic carbocycles. The van der Waals surface area contributed by atoms with Gasteiger partial charge in [-0.1, -0.05) is 45.4 Å². The van der Waals surface area contributed by atoms with Crippen molar-refractivity contribution in [3.63, 3.8) is 0 Å². The van der Waals surface area contributed by atoms with Crippen molar-refractivity contribution in [2.45, 2.75) is 58.3 Å². The first-order chi connectivity index (χ1) is 6.56. The monoisotopic (exact) mass is 223 g/mol. The average molecular weight is 223 g/mol. The van der Waals surface area contributed by atoms with Crippen molar-refractivity contribution in [1.82, 2.24) is 0 Å². The van der Waals surface area contributed by atoms with Crippen LogP contribution in [0, 0.1) is 0 Å². The number of rotatable bonds is 9. The lowest BCUT2D eigenvalue weighted by Gasteiger charge is -2.03. The predicted octanol–water partition coefficient (Wildman–Crippen LogP) is 2.87. The van der Waals surface area contributed by atoms with E-state index in [-0.39, 0.29) is 6.16 Å². The molecule has 14 heavy (non-hydrogen) atoms. The van der Waals surface area contributed by atoms with Gasteiger partial charge < -0.3 is 0 Å². The van der Waals surface area contributed by atoms with Crippen molar-refractivity contribution in [1.29, 1.82) is 0 Å². The van der Waals surface area contributed by atoms with Gasteiger partial charge in [0.25, 0.3) is 0 Å². The second kappa shape index (κ2) is 8.60. The van der Waals surface area contributed by atoms with Gasteiger partial charge in [-0.15, -0.1) is 0 Å². The van der Waals surface area contributed by atoms with E-state index >= 15 is 0 Å². The van der Waals surface area contributed by atoms with E-state index < -0.39 is 7.94 Å². The van der Waals surface area contributed by atoms with Gasteiger partial charge in [0.15, 0.2) is 0 Å². The Hall–Kier alpha value is 0.310. The molecule has 0 saturated heterocycles. The molecule has 0 atom stereocenters. The predicted molar refractivity (Wildman–Crippen MR) is 61.1 cm³/mol. The molecule has 0 saturated carbocycles. The molecule has 3 N–H and O–H groups in total. The number of hydrogen-bond donors (Lipinski definition) is 3. The van der Waals surface area contributed by atoms with Crippen molar-refractivity contribution < 1.29 is 14.7 Å². The lowest BCUT2D eigenvalue weighted by atomic mass is 10.1. The van der Waals surface area contributed by atoms with Gasteiger partial charge in [0.1, 0.15) is 6.16 Å². The summed E-state index contributed by atoms with van der Waals surface area (Å²) >= 11 is 0. The number of hydrogen-bond acceptors (Lipinski definition) is 3. The van der Waals surface area contributed by atoms with Crippen LogP contribution in [0.15, 0.2) is 0 Å². The summed E-state index contributed by atoms with van der Waals surface area (Å²) < 4.78 is 0. The maximum Gasteiger partial charge on any atom is 0.403 e. The SMILES string of the molecule is CCCCCCCCCC[P+](O)(O)O. The molecule has 0 aliphatic carbocycles. The molecule has 0 aromatic rings. The largest absolute Gasteiger partial charge is 0.403 e. The third-order valence-electron chi connectivity index (χ3n) is 2.31. The molecule has 0 amide bonds. The van der Waals surface area contributed by atoms with E-state index in [2.05, 4.69) is 6.92 Å². The Morgan fingerprint density at radius 2 is 1.14 bits per heavy atom. The summed E-state index contributed by atoms with van der Waals surface area (Å²) in [5, 5.41) is 0. The third kappa shape index (κ3) is 12.3. The van der Waals surface area contributed by atoms with Crippen LogP contribution in [0.3, 0.4) is 0 Å². The lowest BCUT2D eigenvalue weighted by molar-refractivity contribution is 0.328. The van der Waals surface area contributed by atoms with Crippen molar-refractivity contribution in [3.8, 4) is 0 Å². The zero-order valence-electron chi connectivity index (χ0n) is 9.15. The molecule has 0 unspecified atom stereocenters. The topological polar surface area (TPSA) is 60.7 Å². The van der Waals surface area contributed by atoms with Gasteiger partial charge in [0.2, 0.25) is 0 Å². The van der Waals surface area contributed by atoms with E-state index in [0.717, 1.165) is 19.3 Å². The van der Waals surface area contributed by atoms with Gasteiger partial charge in [-0.3, -0.25) is 0 Å². The van der Waals surface area contributed by atoms with E-state index in [1.165, 1.54) is 32.1 Å².